The Morgan fingerprint density at radius 3 is 2.50 bits per heavy atom. The van der Waals surface area contributed by atoms with Crippen molar-refractivity contribution in [2.75, 3.05) is 0 Å². The Balaban J connectivity index is 2.90. The van der Waals surface area contributed by atoms with E-state index in [1.165, 1.54) is 0 Å². The minimum absolute atomic E-state index is 1.11. The molecule has 0 aliphatic heterocycles. The molecule has 0 rings (SSSR count). The van der Waals surface area contributed by atoms with Crippen molar-refractivity contribution in [3.63, 3.8) is 0 Å². The fourth-order valence-corrected chi connectivity index (χ4v) is 0.499. The van der Waals surface area contributed by atoms with Crippen LogP contribution in [0.25, 0.3) is 0 Å². The molecule has 0 spiro atoms. The summed E-state index contributed by atoms with van der Waals surface area (Å²) >= 11 is 0. The first-order valence-electron chi connectivity index (χ1n) is 3.17. The zero-order valence-electron chi connectivity index (χ0n) is 5.56. The molecule has 0 aromatic carbocycles. The molecule has 0 atom stereocenters. The summed E-state index contributed by atoms with van der Waals surface area (Å²) in [4.78, 5) is 0. The van der Waals surface area contributed by atoms with Gasteiger partial charge in [-0.25, -0.2) is 0 Å². The molecule has 8 heavy (non-hydrogen) atoms. The van der Waals surface area contributed by atoms with Gasteiger partial charge in [0.1, 0.15) is 0 Å². The summed E-state index contributed by atoms with van der Waals surface area (Å²) in [7, 11) is 0. The largest absolute Gasteiger partial charge is 0.103 e. The van der Waals surface area contributed by atoms with Crippen LogP contribution in [0.3, 0.4) is 0 Å². The topological polar surface area (TPSA) is 0 Å². The van der Waals surface area contributed by atoms with E-state index in [0.717, 1.165) is 19.3 Å². The lowest BCUT2D eigenvalue weighted by Gasteiger charge is -1.81. The maximum Gasteiger partial charge on any atom is -0.0316 e. The fourth-order valence-electron chi connectivity index (χ4n) is 0.499. The van der Waals surface area contributed by atoms with Gasteiger partial charge in [0.2, 0.25) is 0 Å². The molecule has 0 saturated heterocycles. The predicted molar refractivity (Wildman–Crippen MR) is 38.9 cm³/mol. The van der Waals surface area contributed by atoms with E-state index in [1.54, 1.807) is 0 Å². The van der Waals surface area contributed by atoms with Crippen molar-refractivity contribution < 1.29 is 0 Å². The minimum Gasteiger partial charge on any atom is -0.103 e. The van der Waals surface area contributed by atoms with Crippen LogP contribution in [0.1, 0.15) is 26.2 Å². The molecule has 0 heteroatoms. The molecular formula is C8H14. The highest BCUT2D eigenvalue weighted by Gasteiger charge is 1.70. The van der Waals surface area contributed by atoms with Gasteiger partial charge in [0.05, 0.1) is 0 Å². The van der Waals surface area contributed by atoms with E-state index in [9.17, 15) is 0 Å². The summed E-state index contributed by atoms with van der Waals surface area (Å²) in [5, 5.41) is 0. The molecule has 0 aliphatic rings. The van der Waals surface area contributed by atoms with E-state index in [0.29, 0.717) is 0 Å². The number of allylic oxidation sites excluding steroid dienone is 3. The van der Waals surface area contributed by atoms with Crippen LogP contribution in [0.2, 0.25) is 0 Å². The third-order valence-corrected chi connectivity index (χ3v) is 0.940. The van der Waals surface area contributed by atoms with Gasteiger partial charge < -0.3 is 0 Å². The molecule has 0 aliphatic carbocycles. The molecule has 0 radical (unpaired) electrons. The maximum absolute atomic E-state index is 3.62. The molecule has 0 nitrogen and oxygen atoms in total. The van der Waals surface area contributed by atoms with Gasteiger partial charge in [-0.15, -0.1) is 6.58 Å². The third kappa shape index (κ3) is 5.48. The summed E-state index contributed by atoms with van der Waals surface area (Å²) in [6.45, 7) is 5.77. The molecule has 0 saturated carbocycles. The van der Waals surface area contributed by atoms with Crippen LogP contribution >= 0.6 is 0 Å². The van der Waals surface area contributed by atoms with Crippen molar-refractivity contribution in [3.05, 3.63) is 24.8 Å². The SMILES string of the molecule is C=CCC/C=C/CC. The van der Waals surface area contributed by atoms with Crippen LogP contribution in [0.5, 0.6) is 0 Å². The van der Waals surface area contributed by atoms with Crippen molar-refractivity contribution in [1.82, 2.24) is 0 Å². The fraction of sp³-hybridized carbons (Fsp3) is 0.500. The second-order valence-corrected chi connectivity index (χ2v) is 1.75. The number of hydrogen-bond donors (Lipinski definition) is 0. The van der Waals surface area contributed by atoms with Gasteiger partial charge in [-0.2, -0.15) is 0 Å². The van der Waals surface area contributed by atoms with E-state index in [2.05, 4.69) is 25.7 Å². The van der Waals surface area contributed by atoms with Crippen LogP contribution in [-0.4, -0.2) is 0 Å². The van der Waals surface area contributed by atoms with Gasteiger partial charge in [0.25, 0.3) is 0 Å². The highest BCUT2D eigenvalue weighted by molar-refractivity contribution is 4.82. The van der Waals surface area contributed by atoms with Gasteiger partial charge in [-0.3, -0.25) is 0 Å². The standard InChI is InChI=1S/C8H14/c1-3-5-7-8-6-4-2/h3,6,8H,1,4-5,7H2,2H3/b8-6+. The summed E-state index contributed by atoms with van der Waals surface area (Å²) in [6, 6.07) is 0. The van der Waals surface area contributed by atoms with Gasteiger partial charge >= 0.3 is 0 Å². The average molecular weight is 110 g/mol. The molecule has 46 valence electrons. The first kappa shape index (κ1) is 7.48. The van der Waals surface area contributed by atoms with Crippen LogP contribution in [0.15, 0.2) is 24.8 Å². The lowest BCUT2D eigenvalue weighted by Crippen LogP contribution is -1.61. The normalized spacial score (nSPS) is 10.1. The number of rotatable bonds is 4. The summed E-state index contributed by atoms with van der Waals surface area (Å²) in [5.74, 6) is 0. The lowest BCUT2D eigenvalue weighted by atomic mass is 10.3. The number of hydrogen-bond acceptors (Lipinski definition) is 0. The Kier molecular flexibility index (Phi) is 6.06. The van der Waals surface area contributed by atoms with E-state index in [-0.39, 0.29) is 0 Å². The molecule has 0 N–H and O–H groups in total. The monoisotopic (exact) mass is 110 g/mol. The Hall–Kier alpha value is -0.520. The first-order chi connectivity index (χ1) is 3.91. The summed E-state index contributed by atoms with van der Waals surface area (Å²) < 4.78 is 0. The van der Waals surface area contributed by atoms with Crippen LogP contribution in [-0.2, 0) is 0 Å². The molecule has 0 aromatic rings. The molecule has 0 amide bonds. The number of unbranched alkanes of at least 4 members (excludes halogenated alkanes) is 1. The molecule has 0 unspecified atom stereocenters. The zero-order chi connectivity index (χ0) is 6.24. The Labute approximate surface area is 51.9 Å². The van der Waals surface area contributed by atoms with Crippen LogP contribution < -0.4 is 0 Å². The average Bonchev–Trinajstić information content (AvgIpc) is 1.81. The molecular weight excluding hydrogens is 96.1 g/mol. The van der Waals surface area contributed by atoms with Crippen molar-refractivity contribution in [2.24, 2.45) is 0 Å². The Bertz CT molecular complexity index is 70.1. The van der Waals surface area contributed by atoms with E-state index in [1.807, 2.05) is 6.08 Å². The second kappa shape index (κ2) is 6.48. The van der Waals surface area contributed by atoms with Crippen LogP contribution in [0, 0.1) is 0 Å². The quantitative estimate of drug-likeness (QED) is 0.385. The molecule has 0 heterocycles. The lowest BCUT2D eigenvalue weighted by molar-refractivity contribution is 1.04. The van der Waals surface area contributed by atoms with E-state index >= 15 is 0 Å². The highest BCUT2D eigenvalue weighted by Crippen LogP contribution is 1.91. The highest BCUT2D eigenvalue weighted by atomic mass is 13.8. The van der Waals surface area contributed by atoms with Gasteiger partial charge in [0.15, 0.2) is 0 Å². The Morgan fingerprint density at radius 1 is 1.25 bits per heavy atom. The van der Waals surface area contributed by atoms with Gasteiger partial charge in [0, 0.05) is 0 Å². The predicted octanol–water partition coefficient (Wildman–Crippen LogP) is 2.92. The first-order valence-corrected chi connectivity index (χ1v) is 3.17. The van der Waals surface area contributed by atoms with E-state index in [4.69, 9.17) is 0 Å². The van der Waals surface area contributed by atoms with Gasteiger partial charge in [-0.1, -0.05) is 25.2 Å². The summed E-state index contributed by atoms with van der Waals surface area (Å²) in [6.07, 6.45) is 9.73. The van der Waals surface area contributed by atoms with Crippen LogP contribution in [0.4, 0.5) is 0 Å². The van der Waals surface area contributed by atoms with Crippen molar-refractivity contribution in [1.29, 1.82) is 0 Å². The smallest absolute Gasteiger partial charge is 0.0316 e. The molecule has 0 bridgehead atoms. The van der Waals surface area contributed by atoms with Crippen molar-refractivity contribution >= 4 is 0 Å². The van der Waals surface area contributed by atoms with E-state index < -0.39 is 0 Å². The third-order valence-electron chi connectivity index (χ3n) is 0.940. The van der Waals surface area contributed by atoms with Crippen molar-refractivity contribution in [2.45, 2.75) is 26.2 Å². The zero-order valence-corrected chi connectivity index (χ0v) is 5.56. The maximum atomic E-state index is 3.62. The second-order valence-electron chi connectivity index (χ2n) is 1.75. The molecule has 0 fully saturated rings. The molecule has 0 aromatic heterocycles. The van der Waals surface area contributed by atoms with Crippen molar-refractivity contribution in [3.8, 4) is 0 Å². The minimum atomic E-state index is 1.11. The van der Waals surface area contributed by atoms with Gasteiger partial charge in [-0.05, 0) is 19.3 Å². The Morgan fingerprint density at radius 2 is 2.00 bits per heavy atom. The summed E-state index contributed by atoms with van der Waals surface area (Å²) in [5.41, 5.74) is 0.